The van der Waals surface area contributed by atoms with Gasteiger partial charge in [0.1, 0.15) is 6.33 Å². The fourth-order valence-corrected chi connectivity index (χ4v) is 2.60. The molecule has 0 radical (unpaired) electrons. The average Bonchev–Trinajstić information content (AvgIpc) is 2.99. The maximum Gasteiger partial charge on any atom is 0.228 e. The van der Waals surface area contributed by atoms with E-state index in [0.717, 1.165) is 28.6 Å². The third-order valence-corrected chi connectivity index (χ3v) is 3.92. The molecule has 0 spiro atoms. The second-order valence-electron chi connectivity index (χ2n) is 4.63. The zero-order chi connectivity index (χ0) is 15.1. The topological polar surface area (TPSA) is 96.7 Å². The van der Waals surface area contributed by atoms with Crippen molar-refractivity contribution in [3.05, 3.63) is 30.6 Å². The first-order valence-electron chi connectivity index (χ1n) is 6.87. The highest BCUT2D eigenvalue weighted by Crippen LogP contribution is 2.25. The Hall–Kier alpha value is -1.86. The van der Waals surface area contributed by atoms with Crippen molar-refractivity contribution in [2.45, 2.75) is 29.8 Å². The van der Waals surface area contributed by atoms with Crippen molar-refractivity contribution in [2.24, 2.45) is 11.7 Å². The molecule has 0 aliphatic carbocycles. The molecule has 1 aromatic heterocycles. The number of amides is 1. The molecule has 112 valence electrons. The highest BCUT2D eigenvalue weighted by Gasteiger charge is 2.15. The Kier molecular flexibility index (Phi) is 5.77. The summed E-state index contributed by atoms with van der Waals surface area (Å²) in [6.07, 6.45) is 3.22. The largest absolute Gasteiger partial charge is 0.330 e. The van der Waals surface area contributed by atoms with Gasteiger partial charge >= 0.3 is 0 Å². The van der Waals surface area contributed by atoms with E-state index in [2.05, 4.69) is 20.5 Å². The Morgan fingerprint density at radius 3 is 2.76 bits per heavy atom. The van der Waals surface area contributed by atoms with E-state index in [0.29, 0.717) is 6.54 Å². The Morgan fingerprint density at radius 1 is 1.43 bits per heavy atom. The van der Waals surface area contributed by atoms with Gasteiger partial charge in [-0.15, -0.1) is 0 Å². The first kappa shape index (κ1) is 15.5. The number of hydrogen-bond acceptors (Lipinski definition) is 5. The van der Waals surface area contributed by atoms with Crippen LogP contribution in [0.4, 0.5) is 5.69 Å². The molecule has 0 fully saturated rings. The van der Waals surface area contributed by atoms with Gasteiger partial charge in [-0.25, -0.2) is 4.98 Å². The third-order valence-electron chi connectivity index (χ3n) is 3.02. The smallest absolute Gasteiger partial charge is 0.228 e. The van der Waals surface area contributed by atoms with Crippen LogP contribution in [0.2, 0.25) is 0 Å². The van der Waals surface area contributed by atoms with E-state index in [1.165, 1.54) is 18.1 Å². The first-order chi connectivity index (χ1) is 10.2. The minimum atomic E-state index is -0.127. The van der Waals surface area contributed by atoms with Crippen molar-refractivity contribution in [3.63, 3.8) is 0 Å². The number of H-pyrrole nitrogens is 1. The molecule has 1 heterocycles. The second-order valence-corrected chi connectivity index (χ2v) is 5.69. The maximum absolute atomic E-state index is 12.1. The number of nitrogens with two attached hydrogens (primary N) is 1. The Bertz CT molecular complexity index is 555. The van der Waals surface area contributed by atoms with Crippen molar-refractivity contribution in [2.75, 3.05) is 11.9 Å². The SMILES string of the molecule is CCCC(CN)C(=O)Nc1ccc(Sc2ncn[nH]2)cc1. The highest BCUT2D eigenvalue weighted by atomic mass is 32.2. The maximum atomic E-state index is 12.1. The van der Waals surface area contributed by atoms with Gasteiger partial charge in [0.25, 0.3) is 0 Å². The Morgan fingerprint density at radius 2 is 2.19 bits per heavy atom. The van der Waals surface area contributed by atoms with Crippen LogP contribution in [0.3, 0.4) is 0 Å². The summed E-state index contributed by atoms with van der Waals surface area (Å²) in [5.41, 5.74) is 6.41. The predicted octanol–water partition coefficient (Wildman–Crippen LogP) is 2.27. The lowest BCUT2D eigenvalue weighted by atomic mass is 10.0. The lowest BCUT2D eigenvalue weighted by molar-refractivity contribution is -0.119. The first-order valence-corrected chi connectivity index (χ1v) is 7.68. The summed E-state index contributed by atoms with van der Waals surface area (Å²) < 4.78 is 0. The molecule has 1 amide bonds. The van der Waals surface area contributed by atoms with Gasteiger partial charge in [0.05, 0.1) is 5.92 Å². The van der Waals surface area contributed by atoms with Gasteiger partial charge in [-0.3, -0.25) is 9.89 Å². The molecule has 6 nitrogen and oxygen atoms in total. The van der Waals surface area contributed by atoms with Crippen molar-refractivity contribution in [1.82, 2.24) is 15.2 Å². The van der Waals surface area contributed by atoms with Gasteiger partial charge in [0, 0.05) is 17.1 Å². The average molecular weight is 305 g/mol. The molecular weight excluding hydrogens is 286 g/mol. The highest BCUT2D eigenvalue weighted by molar-refractivity contribution is 7.99. The molecule has 2 rings (SSSR count). The molecule has 0 aliphatic rings. The van der Waals surface area contributed by atoms with Crippen LogP contribution in [0.5, 0.6) is 0 Å². The number of rotatable bonds is 7. The normalized spacial score (nSPS) is 12.1. The van der Waals surface area contributed by atoms with Gasteiger partial charge in [-0.05, 0) is 30.7 Å². The van der Waals surface area contributed by atoms with Crippen LogP contribution in [0.25, 0.3) is 0 Å². The predicted molar refractivity (Wildman–Crippen MR) is 83.0 cm³/mol. The van der Waals surface area contributed by atoms with Gasteiger partial charge in [0.2, 0.25) is 5.91 Å². The molecule has 0 saturated carbocycles. The lowest BCUT2D eigenvalue weighted by Gasteiger charge is -2.14. The van der Waals surface area contributed by atoms with E-state index in [1.54, 1.807) is 0 Å². The Balaban J connectivity index is 1.94. The molecule has 4 N–H and O–H groups in total. The summed E-state index contributed by atoms with van der Waals surface area (Å²) in [5.74, 6) is -0.145. The number of carbonyl (C=O) groups excluding carboxylic acids is 1. The molecule has 1 atom stereocenters. The summed E-state index contributed by atoms with van der Waals surface area (Å²) in [5, 5.41) is 10.2. The summed E-state index contributed by atoms with van der Waals surface area (Å²) in [6, 6.07) is 7.60. The van der Waals surface area contributed by atoms with Crippen LogP contribution in [0.15, 0.2) is 40.6 Å². The van der Waals surface area contributed by atoms with Crippen LogP contribution >= 0.6 is 11.8 Å². The van der Waals surface area contributed by atoms with Crippen LogP contribution in [0, 0.1) is 5.92 Å². The minimum absolute atomic E-state index is 0.0185. The molecule has 0 bridgehead atoms. The Labute approximate surface area is 127 Å². The lowest BCUT2D eigenvalue weighted by Crippen LogP contribution is -2.29. The van der Waals surface area contributed by atoms with Crippen LogP contribution < -0.4 is 11.1 Å². The van der Waals surface area contributed by atoms with Crippen molar-refractivity contribution >= 4 is 23.4 Å². The van der Waals surface area contributed by atoms with E-state index in [4.69, 9.17) is 5.73 Å². The number of benzene rings is 1. The number of nitrogens with zero attached hydrogens (tertiary/aromatic N) is 2. The molecule has 1 unspecified atom stereocenters. The molecule has 2 aromatic rings. The van der Waals surface area contributed by atoms with Crippen molar-refractivity contribution in [3.8, 4) is 0 Å². The number of aromatic nitrogens is 3. The quantitative estimate of drug-likeness (QED) is 0.729. The summed E-state index contributed by atoms with van der Waals surface area (Å²) in [6.45, 7) is 2.42. The van der Waals surface area contributed by atoms with Crippen molar-refractivity contribution < 1.29 is 4.79 Å². The molecular formula is C14H19N5OS. The number of aromatic amines is 1. The summed E-state index contributed by atoms with van der Waals surface area (Å²) in [4.78, 5) is 17.1. The van der Waals surface area contributed by atoms with Gasteiger partial charge < -0.3 is 11.1 Å². The van der Waals surface area contributed by atoms with Gasteiger partial charge in [-0.2, -0.15) is 5.10 Å². The third kappa shape index (κ3) is 4.57. The number of carbonyl (C=O) groups is 1. The van der Waals surface area contributed by atoms with E-state index in [1.807, 2.05) is 31.2 Å². The van der Waals surface area contributed by atoms with E-state index >= 15 is 0 Å². The van der Waals surface area contributed by atoms with Crippen LogP contribution in [-0.4, -0.2) is 27.6 Å². The fraction of sp³-hybridized carbons (Fsp3) is 0.357. The zero-order valence-electron chi connectivity index (χ0n) is 11.9. The van der Waals surface area contributed by atoms with E-state index < -0.39 is 0 Å². The number of anilines is 1. The molecule has 1 aromatic carbocycles. The molecule has 0 saturated heterocycles. The summed E-state index contributed by atoms with van der Waals surface area (Å²) in [7, 11) is 0. The van der Waals surface area contributed by atoms with Gasteiger partial charge in [0.15, 0.2) is 5.16 Å². The molecule has 21 heavy (non-hydrogen) atoms. The molecule has 7 heteroatoms. The fourth-order valence-electron chi connectivity index (χ4n) is 1.91. The van der Waals surface area contributed by atoms with E-state index in [-0.39, 0.29) is 11.8 Å². The second kappa shape index (κ2) is 7.80. The monoisotopic (exact) mass is 305 g/mol. The van der Waals surface area contributed by atoms with Crippen LogP contribution in [0.1, 0.15) is 19.8 Å². The summed E-state index contributed by atoms with van der Waals surface area (Å²) >= 11 is 1.48. The van der Waals surface area contributed by atoms with Crippen LogP contribution in [-0.2, 0) is 4.79 Å². The molecule has 0 aliphatic heterocycles. The number of hydrogen-bond donors (Lipinski definition) is 3. The van der Waals surface area contributed by atoms with Gasteiger partial charge in [-0.1, -0.05) is 25.1 Å². The minimum Gasteiger partial charge on any atom is -0.330 e. The zero-order valence-corrected chi connectivity index (χ0v) is 12.7. The number of nitrogens with one attached hydrogen (secondary N) is 2. The standard InChI is InChI=1S/C14H19N5OS/c1-2-3-10(8-15)13(20)18-11-4-6-12(7-5-11)21-14-16-9-17-19-14/h4-7,9-10H,2-3,8,15H2,1H3,(H,18,20)(H,16,17,19). The van der Waals surface area contributed by atoms with E-state index in [9.17, 15) is 4.79 Å². The van der Waals surface area contributed by atoms with Crippen molar-refractivity contribution in [1.29, 1.82) is 0 Å².